The second kappa shape index (κ2) is 6.77. The lowest BCUT2D eigenvalue weighted by Gasteiger charge is -2.22. The Kier molecular flexibility index (Phi) is 4.74. The number of hydrogen-bond donors (Lipinski definition) is 0. The molecular formula is C18H17ClN2OS. The van der Waals surface area contributed by atoms with Crippen LogP contribution in [0.5, 0.6) is 0 Å². The van der Waals surface area contributed by atoms with Crippen molar-refractivity contribution in [2.75, 3.05) is 10.7 Å². The summed E-state index contributed by atoms with van der Waals surface area (Å²) in [6, 6.07) is 15.1. The van der Waals surface area contributed by atoms with Gasteiger partial charge in [-0.1, -0.05) is 41.1 Å². The molecule has 5 heteroatoms. The molecule has 0 aliphatic carbocycles. The van der Waals surface area contributed by atoms with Gasteiger partial charge < -0.3 is 0 Å². The normalized spacial score (nSPS) is 17.0. The number of anilines is 1. The van der Waals surface area contributed by atoms with E-state index in [0.29, 0.717) is 10.6 Å². The Morgan fingerprint density at radius 2 is 1.83 bits per heavy atom. The third-order valence-corrected chi connectivity index (χ3v) is 5.01. The third-order valence-electron chi connectivity index (χ3n) is 3.56. The highest BCUT2D eigenvalue weighted by Crippen LogP contribution is 2.28. The summed E-state index contributed by atoms with van der Waals surface area (Å²) in [6.07, 6.45) is 0. The predicted molar refractivity (Wildman–Crippen MR) is 98.8 cm³/mol. The maximum Gasteiger partial charge on any atom is 0.264 e. The van der Waals surface area contributed by atoms with Crippen molar-refractivity contribution in [2.24, 2.45) is 4.99 Å². The minimum atomic E-state index is -0.0762. The molecule has 0 unspecified atom stereocenters. The van der Waals surface area contributed by atoms with Crippen LogP contribution in [-0.2, 0) is 0 Å². The van der Waals surface area contributed by atoms with Crippen LogP contribution >= 0.6 is 23.4 Å². The molecule has 0 fully saturated rings. The third kappa shape index (κ3) is 3.59. The first-order valence-corrected chi connectivity index (χ1v) is 8.78. The number of carbonyl (C=O) groups excluding carboxylic acids is 1. The highest BCUT2D eigenvalue weighted by Gasteiger charge is 2.27. The lowest BCUT2D eigenvalue weighted by atomic mass is 10.1. The van der Waals surface area contributed by atoms with Gasteiger partial charge in [0.15, 0.2) is 5.17 Å². The number of hydrogen-bond acceptors (Lipinski definition) is 3. The lowest BCUT2D eigenvalue weighted by Crippen LogP contribution is -2.34. The van der Waals surface area contributed by atoms with E-state index in [2.05, 4.69) is 11.9 Å². The Morgan fingerprint density at radius 3 is 2.39 bits per heavy atom. The molecule has 3 rings (SSSR count). The fourth-order valence-corrected chi connectivity index (χ4v) is 3.47. The second-order valence-corrected chi connectivity index (χ2v) is 6.98. The number of aryl methyl sites for hydroxylation is 1. The van der Waals surface area contributed by atoms with Gasteiger partial charge in [0.2, 0.25) is 0 Å². The van der Waals surface area contributed by atoms with E-state index in [0.717, 1.165) is 22.2 Å². The van der Waals surface area contributed by atoms with Crippen LogP contribution in [0.2, 0.25) is 5.02 Å². The molecule has 23 heavy (non-hydrogen) atoms. The number of benzene rings is 2. The average Bonchev–Trinajstić information content (AvgIpc) is 2.96. The summed E-state index contributed by atoms with van der Waals surface area (Å²) >= 11 is 7.58. The molecule has 2 aromatic carbocycles. The Balaban J connectivity index is 2.01. The number of amides is 1. The van der Waals surface area contributed by atoms with E-state index in [-0.39, 0.29) is 11.9 Å². The minimum absolute atomic E-state index is 0.0762. The van der Waals surface area contributed by atoms with Gasteiger partial charge in [0, 0.05) is 16.3 Å². The van der Waals surface area contributed by atoms with Crippen LogP contribution in [0.25, 0.3) is 0 Å². The molecule has 0 saturated heterocycles. The van der Waals surface area contributed by atoms with Gasteiger partial charge in [-0.2, -0.15) is 0 Å². The van der Waals surface area contributed by atoms with E-state index in [1.165, 1.54) is 0 Å². The van der Waals surface area contributed by atoms with Crippen LogP contribution < -0.4 is 4.90 Å². The Hall–Kier alpha value is -1.78. The van der Waals surface area contributed by atoms with E-state index in [9.17, 15) is 4.79 Å². The zero-order chi connectivity index (χ0) is 16.4. The van der Waals surface area contributed by atoms with Crippen molar-refractivity contribution < 1.29 is 4.79 Å². The topological polar surface area (TPSA) is 32.7 Å². The molecular weight excluding hydrogens is 328 g/mol. The number of carbonyl (C=O) groups is 1. The summed E-state index contributed by atoms with van der Waals surface area (Å²) in [5.41, 5.74) is 2.55. The molecule has 0 saturated carbocycles. The fourth-order valence-electron chi connectivity index (χ4n) is 2.31. The molecule has 118 valence electrons. The van der Waals surface area contributed by atoms with Crippen molar-refractivity contribution in [3.05, 3.63) is 64.7 Å². The number of halogens is 1. The Labute approximate surface area is 145 Å². The number of amidine groups is 1. The van der Waals surface area contributed by atoms with Gasteiger partial charge >= 0.3 is 0 Å². The van der Waals surface area contributed by atoms with Crippen molar-refractivity contribution in [3.63, 3.8) is 0 Å². The van der Waals surface area contributed by atoms with Crippen molar-refractivity contribution in [2.45, 2.75) is 19.9 Å². The minimum Gasteiger partial charge on any atom is -0.268 e. The molecule has 1 amide bonds. The van der Waals surface area contributed by atoms with E-state index in [4.69, 9.17) is 11.6 Å². The molecule has 0 N–H and O–H groups in total. The van der Waals surface area contributed by atoms with Crippen LogP contribution in [0.1, 0.15) is 22.8 Å². The first-order chi connectivity index (χ1) is 11.0. The van der Waals surface area contributed by atoms with Crippen molar-refractivity contribution >= 4 is 40.1 Å². The van der Waals surface area contributed by atoms with Crippen molar-refractivity contribution in [1.82, 2.24) is 0 Å². The van der Waals surface area contributed by atoms with Crippen LogP contribution in [0.15, 0.2) is 53.5 Å². The monoisotopic (exact) mass is 344 g/mol. The summed E-state index contributed by atoms with van der Waals surface area (Å²) in [5, 5.41) is 1.39. The van der Waals surface area contributed by atoms with Crippen molar-refractivity contribution in [3.8, 4) is 0 Å². The molecule has 2 aromatic rings. The van der Waals surface area contributed by atoms with Crippen LogP contribution in [0.3, 0.4) is 0 Å². The first kappa shape index (κ1) is 16.1. The number of rotatable bonds is 2. The van der Waals surface area contributed by atoms with Gasteiger partial charge in [0.1, 0.15) is 0 Å². The largest absolute Gasteiger partial charge is 0.268 e. The van der Waals surface area contributed by atoms with Gasteiger partial charge in [0.25, 0.3) is 5.91 Å². The molecule has 0 bridgehead atoms. The summed E-state index contributed by atoms with van der Waals surface area (Å²) in [6.45, 7) is 4.06. The maximum absolute atomic E-state index is 13.0. The Morgan fingerprint density at radius 1 is 1.17 bits per heavy atom. The van der Waals surface area contributed by atoms with Crippen LogP contribution in [-0.4, -0.2) is 22.9 Å². The molecule has 0 spiro atoms. The zero-order valence-corrected chi connectivity index (χ0v) is 14.6. The predicted octanol–water partition coefficient (Wildman–Crippen LogP) is 4.79. The summed E-state index contributed by atoms with van der Waals surface area (Å²) in [5.74, 6) is 0.813. The Bertz CT molecular complexity index is 741. The highest BCUT2D eigenvalue weighted by atomic mass is 35.5. The van der Waals surface area contributed by atoms with Crippen LogP contribution in [0.4, 0.5) is 5.69 Å². The highest BCUT2D eigenvalue weighted by molar-refractivity contribution is 8.14. The molecule has 0 radical (unpaired) electrons. The summed E-state index contributed by atoms with van der Waals surface area (Å²) < 4.78 is 0. The molecule has 1 heterocycles. The average molecular weight is 345 g/mol. The number of nitrogens with zero attached hydrogens (tertiary/aromatic N) is 2. The van der Waals surface area contributed by atoms with Crippen molar-refractivity contribution in [1.29, 1.82) is 0 Å². The van der Waals surface area contributed by atoms with E-state index < -0.39 is 0 Å². The maximum atomic E-state index is 13.0. The van der Waals surface area contributed by atoms with Gasteiger partial charge in [-0.3, -0.25) is 14.7 Å². The van der Waals surface area contributed by atoms with Gasteiger partial charge in [-0.25, -0.2) is 0 Å². The quantitative estimate of drug-likeness (QED) is 0.784. The number of thioether (sulfide) groups is 1. The molecule has 3 nitrogen and oxygen atoms in total. The molecule has 0 aromatic heterocycles. The van der Waals surface area contributed by atoms with E-state index >= 15 is 0 Å². The van der Waals surface area contributed by atoms with E-state index in [1.807, 2.05) is 43.3 Å². The standard InChI is InChI=1S/C18H17ClN2OS/c1-12-3-5-14(6-4-12)17(22)21(18-20-13(2)11-23-18)16-9-7-15(19)8-10-16/h3-10,13H,11H2,1-2H3/t13-/m0/s1. The molecule has 1 atom stereocenters. The lowest BCUT2D eigenvalue weighted by molar-refractivity contribution is 0.100. The van der Waals surface area contributed by atoms with Crippen LogP contribution in [0, 0.1) is 6.92 Å². The van der Waals surface area contributed by atoms with E-state index in [1.54, 1.807) is 28.8 Å². The SMILES string of the molecule is Cc1ccc(C(=O)N(C2=N[C@@H](C)CS2)c2ccc(Cl)cc2)cc1. The molecule has 1 aliphatic heterocycles. The smallest absolute Gasteiger partial charge is 0.264 e. The summed E-state index contributed by atoms with van der Waals surface area (Å²) in [4.78, 5) is 19.3. The van der Waals surface area contributed by atoms with Gasteiger partial charge in [0.05, 0.1) is 11.7 Å². The second-order valence-electron chi connectivity index (χ2n) is 5.55. The van der Waals surface area contributed by atoms with Gasteiger partial charge in [-0.15, -0.1) is 0 Å². The fraction of sp³-hybridized carbons (Fsp3) is 0.222. The molecule has 1 aliphatic rings. The summed E-state index contributed by atoms with van der Waals surface area (Å²) in [7, 11) is 0. The van der Waals surface area contributed by atoms with Gasteiger partial charge in [-0.05, 0) is 50.2 Å². The zero-order valence-electron chi connectivity index (χ0n) is 13.0. The first-order valence-electron chi connectivity index (χ1n) is 7.42. The number of aliphatic imine (C=N–C) groups is 1.